The van der Waals surface area contributed by atoms with Crippen LogP contribution in [0.25, 0.3) is 0 Å². The monoisotopic (exact) mass is 565 g/mol. The van der Waals surface area contributed by atoms with E-state index in [-0.39, 0.29) is 5.41 Å². The molecule has 4 N–H and O–H groups in total. The molecule has 4 aliphatic rings. The standard InChI is InChI=1S/C38H64N2O/c1-25(2)10-8-11-26(3)31-14-15-32-30-13-16-34-36(4,5)35(18-20-38(34,7)33(30)17-19-37(31,32)6)41-21-9-12-27-22-28(39)24-29(40)23-27/h22-26,30-35H,8-21,39-40H2,1-7H3/t26?,30-,31+,32-,33-,34?,35?,37+,38+/m0/s1. The minimum atomic E-state index is 0.240. The molecule has 0 amide bonds. The van der Waals surface area contributed by atoms with Crippen LogP contribution in [0.4, 0.5) is 11.4 Å². The van der Waals surface area contributed by atoms with Crippen LogP contribution in [-0.4, -0.2) is 12.7 Å². The van der Waals surface area contributed by atoms with Crippen molar-refractivity contribution in [3.05, 3.63) is 23.8 Å². The lowest BCUT2D eigenvalue weighted by Crippen LogP contribution is -2.59. The molecule has 9 atom stereocenters. The molecule has 232 valence electrons. The molecule has 1 aromatic rings. The van der Waals surface area contributed by atoms with Gasteiger partial charge in [-0.15, -0.1) is 0 Å². The van der Waals surface area contributed by atoms with Crippen molar-refractivity contribution < 1.29 is 4.74 Å². The Balaban J connectivity index is 1.20. The number of nitrogen functional groups attached to an aromatic ring is 2. The molecule has 0 saturated heterocycles. The molecule has 0 radical (unpaired) electrons. The van der Waals surface area contributed by atoms with Crippen molar-refractivity contribution >= 4 is 11.4 Å². The molecule has 1 aromatic carbocycles. The molecule has 0 aliphatic heterocycles. The Kier molecular flexibility index (Phi) is 9.17. The van der Waals surface area contributed by atoms with Gasteiger partial charge in [-0.25, -0.2) is 0 Å². The van der Waals surface area contributed by atoms with Gasteiger partial charge in [-0.05, 0) is 146 Å². The van der Waals surface area contributed by atoms with Gasteiger partial charge in [-0.1, -0.05) is 67.7 Å². The van der Waals surface area contributed by atoms with Crippen LogP contribution in [0.2, 0.25) is 0 Å². The fraction of sp³-hybridized carbons (Fsp3) is 0.842. The van der Waals surface area contributed by atoms with Gasteiger partial charge in [0.05, 0.1) is 6.10 Å². The van der Waals surface area contributed by atoms with Crippen LogP contribution in [0.15, 0.2) is 18.2 Å². The maximum absolute atomic E-state index is 6.72. The molecular formula is C38H64N2O. The number of fused-ring (bicyclic) bond motifs is 5. The Morgan fingerprint density at radius 2 is 1.46 bits per heavy atom. The summed E-state index contributed by atoms with van der Waals surface area (Å²) in [5.74, 6) is 6.32. The van der Waals surface area contributed by atoms with E-state index in [1.54, 1.807) is 0 Å². The highest BCUT2D eigenvalue weighted by Gasteiger charge is 2.63. The highest BCUT2D eigenvalue weighted by molar-refractivity contribution is 5.54. The summed E-state index contributed by atoms with van der Waals surface area (Å²) in [6, 6.07) is 5.95. The van der Waals surface area contributed by atoms with Gasteiger partial charge in [-0.3, -0.25) is 0 Å². The number of ether oxygens (including phenoxy) is 1. The van der Waals surface area contributed by atoms with Gasteiger partial charge in [0.25, 0.3) is 0 Å². The topological polar surface area (TPSA) is 61.3 Å². The van der Waals surface area contributed by atoms with Crippen LogP contribution in [0.1, 0.15) is 131 Å². The largest absolute Gasteiger partial charge is 0.399 e. The first-order valence-electron chi connectivity index (χ1n) is 17.6. The molecule has 5 rings (SSSR count). The molecule has 3 unspecified atom stereocenters. The molecule has 3 nitrogen and oxygen atoms in total. The third kappa shape index (κ3) is 5.97. The van der Waals surface area contributed by atoms with E-state index in [2.05, 4.69) is 60.6 Å². The second-order valence-corrected chi connectivity index (χ2v) is 16.9. The van der Waals surface area contributed by atoms with E-state index in [1.165, 1.54) is 76.2 Å². The highest BCUT2D eigenvalue weighted by atomic mass is 16.5. The van der Waals surface area contributed by atoms with Crippen molar-refractivity contribution in [3.8, 4) is 0 Å². The van der Waals surface area contributed by atoms with Crippen molar-refractivity contribution in [2.75, 3.05) is 18.1 Å². The molecule has 4 saturated carbocycles. The lowest BCUT2D eigenvalue weighted by Gasteiger charge is -2.65. The minimum absolute atomic E-state index is 0.240. The first kappa shape index (κ1) is 31.2. The summed E-state index contributed by atoms with van der Waals surface area (Å²) in [4.78, 5) is 0. The van der Waals surface area contributed by atoms with Crippen LogP contribution >= 0.6 is 0 Å². The Morgan fingerprint density at radius 3 is 2.17 bits per heavy atom. The lowest BCUT2D eigenvalue weighted by molar-refractivity contribution is -0.190. The number of aryl methyl sites for hydroxylation is 1. The molecule has 0 bridgehead atoms. The van der Waals surface area contributed by atoms with Crippen LogP contribution in [0, 0.1) is 57.7 Å². The molecule has 4 fully saturated rings. The molecule has 3 heteroatoms. The van der Waals surface area contributed by atoms with Gasteiger partial charge in [0.2, 0.25) is 0 Å². The van der Waals surface area contributed by atoms with Crippen LogP contribution in [-0.2, 0) is 11.2 Å². The molecular weight excluding hydrogens is 500 g/mol. The predicted octanol–water partition coefficient (Wildman–Crippen LogP) is 9.93. The lowest BCUT2D eigenvalue weighted by atomic mass is 9.41. The zero-order valence-electron chi connectivity index (χ0n) is 27.8. The smallest absolute Gasteiger partial charge is 0.0629 e. The minimum Gasteiger partial charge on any atom is -0.399 e. The average Bonchev–Trinajstić information content (AvgIpc) is 3.24. The molecule has 0 spiro atoms. The molecule has 0 aromatic heterocycles. The number of rotatable bonds is 10. The van der Waals surface area contributed by atoms with E-state index < -0.39 is 0 Å². The van der Waals surface area contributed by atoms with E-state index in [0.29, 0.717) is 16.9 Å². The number of benzene rings is 1. The van der Waals surface area contributed by atoms with E-state index >= 15 is 0 Å². The fourth-order valence-corrected chi connectivity index (χ4v) is 11.8. The van der Waals surface area contributed by atoms with E-state index in [1.807, 2.05) is 6.07 Å². The maximum atomic E-state index is 6.72. The molecule has 4 aliphatic carbocycles. The normalized spacial score (nSPS) is 38.7. The number of nitrogens with two attached hydrogens (primary N) is 2. The average molecular weight is 565 g/mol. The Hall–Kier alpha value is -1.22. The summed E-state index contributed by atoms with van der Waals surface area (Å²) in [7, 11) is 0. The highest BCUT2D eigenvalue weighted by Crippen LogP contribution is 2.70. The fourth-order valence-electron chi connectivity index (χ4n) is 11.8. The Bertz CT molecular complexity index is 1010. The van der Waals surface area contributed by atoms with Gasteiger partial charge >= 0.3 is 0 Å². The third-order valence-corrected chi connectivity index (χ3v) is 13.7. The molecule has 41 heavy (non-hydrogen) atoms. The van der Waals surface area contributed by atoms with Gasteiger partial charge in [-0.2, -0.15) is 0 Å². The van der Waals surface area contributed by atoms with Gasteiger partial charge in [0.15, 0.2) is 0 Å². The Morgan fingerprint density at radius 1 is 0.780 bits per heavy atom. The van der Waals surface area contributed by atoms with Crippen LogP contribution in [0.3, 0.4) is 0 Å². The SMILES string of the molecule is CC(C)CCCC(C)[C@H]1CC[C@H]2[C@@H]3CCC4C(C)(C)C(OCCCc5cc(N)cc(N)c5)CC[C@]4(C)[C@H]3CC[C@]12C. The first-order valence-corrected chi connectivity index (χ1v) is 17.6. The molecule has 0 heterocycles. The van der Waals surface area contributed by atoms with E-state index in [4.69, 9.17) is 16.2 Å². The summed E-state index contributed by atoms with van der Waals surface area (Å²) >= 11 is 0. The third-order valence-electron chi connectivity index (χ3n) is 13.7. The number of anilines is 2. The van der Waals surface area contributed by atoms with Gasteiger partial charge in [0, 0.05) is 18.0 Å². The Labute approximate surface area is 253 Å². The summed E-state index contributed by atoms with van der Waals surface area (Å²) in [6.45, 7) is 18.8. The summed E-state index contributed by atoms with van der Waals surface area (Å²) in [5.41, 5.74) is 16.1. The summed E-state index contributed by atoms with van der Waals surface area (Å²) in [5, 5.41) is 0. The van der Waals surface area contributed by atoms with Crippen LogP contribution < -0.4 is 11.5 Å². The zero-order valence-corrected chi connectivity index (χ0v) is 27.8. The van der Waals surface area contributed by atoms with Crippen molar-refractivity contribution in [2.45, 2.75) is 138 Å². The second-order valence-electron chi connectivity index (χ2n) is 16.9. The predicted molar refractivity (Wildman–Crippen MR) is 176 cm³/mol. The zero-order chi connectivity index (χ0) is 29.6. The van der Waals surface area contributed by atoms with Crippen molar-refractivity contribution in [1.82, 2.24) is 0 Å². The van der Waals surface area contributed by atoms with Crippen LogP contribution in [0.5, 0.6) is 0 Å². The van der Waals surface area contributed by atoms with E-state index in [9.17, 15) is 0 Å². The maximum Gasteiger partial charge on any atom is 0.0629 e. The number of hydrogen-bond acceptors (Lipinski definition) is 3. The first-order chi connectivity index (χ1) is 19.4. The second kappa shape index (κ2) is 12.0. The summed E-state index contributed by atoms with van der Waals surface area (Å²) in [6.07, 6.45) is 18.1. The van der Waals surface area contributed by atoms with Gasteiger partial charge in [0.1, 0.15) is 0 Å². The summed E-state index contributed by atoms with van der Waals surface area (Å²) < 4.78 is 6.72. The van der Waals surface area contributed by atoms with E-state index in [0.717, 1.165) is 72.2 Å². The quantitative estimate of drug-likeness (QED) is 0.219. The van der Waals surface area contributed by atoms with Gasteiger partial charge < -0.3 is 16.2 Å². The van der Waals surface area contributed by atoms with Crippen molar-refractivity contribution in [2.24, 2.45) is 57.7 Å². The van der Waals surface area contributed by atoms with Crippen molar-refractivity contribution in [1.29, 1.82) is 0 Å². The number of hydrogen-bond donors (Lipinski definition) is 2. The van der Waals surface area contributed by atoms with Crippen molar-refractivity contribution in [3.63, 3.8) is 0 Å².